The maximum atomic E-state index is 13.0. The zero-order chi connectivity index (χ0) is 11.5. The van der Waals surface area contributed by atoms with Crippen molar-refractivity contribution >= 4 is 0 Å². The summed E-state index contributed by atoms with van der Waals surface area (Å²) in [7, 11) is 1.86. The predicted octanol–water partition coefficient (Wildman–Crippen LogP) is 2.85. The van der Waals surface area contributed by atoms with E-state index in [2.05, 4.69) is 5.32 Å². The van der Waals surface area contributed by atoms with Crippen molar-refractivity contribution in [3.8, 4) is 0 Å². The van der Waals surface area contributed by atoms with Crippen LogP contribution in [-0.2, 0) is 5.41 Å². The highest BCUT2D eigenvalue weighted by Gasteiger charge is 2.21. The van der Waals surface area contributed by atoms with E-state index in [0.717, 1.165) is 19.0 Å². The van der Waals surface area contributed by atoms with E-state index < -0.39 is 11.6 Å². The van der Waals surface area contributed by atoms with E-state index in [1.54, 1.807) is 0 Å². The fourth-order valence-corrected chi connectivity index (χ4v) is 1.53. The SMILES string of the molecule is CNCCC(C)(C)c1cc(F)cc(F)c1. The monoisotopic (exact) mass is 213 g/mol. The first-order valence-corrected chi connectivity index (χ1v) is 5.07. The Bertz CT molecular complexity index is 314. The molecule has 0 fully saturated rings. The summed E-state index contributed by atoms with van der Waals surface area (Å²) in [6.45, 7) is 4.79. The molecule has 0 bridgehead atoms. The minimum absolute atomic E-state index is 0.216. The van der Waals surface area contributed by atoms with Gasteiger partial charge in [0.05, 0.1) is 0 Å². The molecule has 0 saturated carbocycles. The lowest BCUT2D eigenvalue weighted by Gasteiger charge is -2.25. The topological polar surface area (TPSA) is 12.0 Å². The molecule has 3 heteroatoms. The van der Waals surface area contributed by atoms with Crippen LogP contribution in [0.5, 0.6) is 0 Å². The summed E-state index contributed by atoms with van der Waals surface area (Å²) in [5.74, 6) is -1.02. The number of hydrogen-bond acceptors (Lipinski definition) is 1. The van der Waals surface area contributed by atoms with E-state index in [4.69, 9.17) is 0 Å². The van der Waals surface area contributed by atoms with Gasteiger partial charge in [-0.2, -0.15) is 0 Å². The molecular formula is C12H17F2N. The second kappa shape index (κ2) is 4.71. The van der Waals surface area contributed by atoms with Gasteiger partial charge in [0.15, 0.2) is 0 Å². The van der Waals surface area contributed by atoms with Crippen molar-refractivity contribution in [3.63, 3.8) is 0 Å². The number of halogens is 2. The zero-order valence-corrected chi connectivity index (χ0v) is 9.40. The van der Waals surface area contributed by atoms with Crippen molar-refractivity contribution in [2.45, 2.75) is 25.7 Å². The Hall–Kier alpha value is -0.960. The Morgan fingerprint density at radius 1 is 1.13 bits per heavy atom. The third-order valence-electron chi connectivity index (χ3n) is 2.64. The summed E-state index contributed by atoms with van der Waals surface area (Å²) in [5.41, 5.74) is 0.488. The molecule has 1 nitrogen and oxygen atoms in total. The lowest BCUT2D eigenvalue weighted by atomic mass is 9.81. The van der Waals surface area contributed by atoms with Gasteiger partial charge in [-0.3, -0.25) is 0 Å². The number of nitrogens with one attached hydrogen (secondary N) is 1. The van der Waals surface area contributed by atoms with Crippen molar-refractivity contribution in [2.75, 3.05) is 13.6 Å². The smallest absolute Gasteiger partial charge is 0.126 e. The molecule has 0 spiro atoms. The van der Waals surface area contributed by atoms with Gasteiger partial charge in [0, 0.05) is 6.07 Å². The van der Waals surface area contributed by atoms with E-state index in [1.165, 1.54) is 12.1 Å². The van der Waals surface area contributed by atoms with Gasteiger partial charge in [-0.05, 0) is 43.1 Å². The molecule has 1 rings (SSSR count). The third kappa shape index (κ3) is 3.27. The Morgan fingerprint density at radius 2 is 1.67 bits per heavy atom. The van der Waals surface area contributed by atoms with Crippen LogP contribution in [0.25, 0.3) is 0 Å². The van der Waals surface area contributed by atoms with Gasteiger partial charge < -0.3 is 5.32 Å². The van der Waals surface area contributed by atoms with Gasteiger partial charge in [-0.25, -0.2) is 8.78 Å². The molecule has 0 aliphatic heterocycles. The fraction of sp³-hybridized carbons (Fsp3) is 0.500. The molecular weight excluding hydrogens is 196 g/mol. The molecule has 0 aromatic heterocycles. The lowest BCUT2D eigenvalue weighted by molar-refractivity contribution is 0.460. The van der Waals surface area contributed by atoms with Crippen LogP contribution >= 0.6 is 0 Å². The van der Waals surface area contributed by atoms with Crippen molar-refractivity contribution in [1.82, 2.24) is 5.32 Å². The molecule has 0 heterocycles. The Labute approximate surface area is 89.5 Å². The highest BCUT2D eigenvalue weighted by Crippen LogP contribution is 2.27. The molecule has 0 unspecified atom stereocenters. The average Bonchev–Trinajstić information content (AvgIpc) is 2.13. The van der Waals surface area contributed by atoms with Crippen LogP contribution in [0.4, 0.5) is 8.78 Å². The van der Waals surface area contributed by atoms with Crippen molar-refractivity contribution in [3.05, 3.63) is 35.4 Å². The minimum atomic E-state index is -0.512. The summed E-state index contributed by atoms with van der Waals surface area (Å²) in [6, 6.07) is 3.70. The number of hydrogen-bond donors (Lipinski definition) is 1. The second-order valence-corrected chi connectivity index (χ2v) is 4.40. The van der Waals surface area contributed by atoms with Gasteiger partial charge in [0.2, 0.25) is 0 Å². The van der Waals surface area contributed by atoms with Crippen LogP contribution in [-0.4, -0.2) is 13.6 Å². The van der Waals surface area contributed by atoms with E-state index in [0.29, 0.717) is 5.56 Å². The van der Waals surface area contributed by atoms with Gasteiger partial charge in [-0.1, -0.05) is 13.8 Å². The molecule has 0 aliphatic carbocycles. The van der Waals surface area contributed by atoms with E-state index in [9.17, 15) is 8.78 Å². The highest BCUT2D eigenvalue weighted by molar-refractivity contribution is 5.25. The first-order chi connectivity index (χ1) is 6.95. The maximum absolute atomic E-state index is 13.0. The molecule has 0 saturated heterocycles. The van der Waals surface area contributed by atoms with Gasteiger partial charge in [-0.15, -0.1) is 0 Å². The normalized spacial score (nSPS) is 11.8. The molecule has 1 N–H and O–H groups in total. The molecule has 15 heavy (non-hydrogen) atoms. The maximum Gasteiger partial charge on any atom is 0.126 e. The van der Waals surface area contributed by atoms with Crippen molar-refractivity contribution in [2.24, 2.45) is 0 Å². The van der Waals surface area contributed by atoms with Gasteiger partial charge >= 0.3 is 0 Å². The quantitative estimate of drug-likeness (QED) is 0.811. The van der Waals surface area contributed by atoms with Crippen LogP contribution in [0.15, 0.2) is 18.2 Å². The van der Waals surface area contributed by atoms with Crippen molar-refractivity contribution < 1.29 is 8.78 Å². The first-order valence-electron chi connectivity index (χ1n) is 5.07. The number of rotatable bonds is 4. The summed E-state index contributed by atoms with van der Waals surface area (Å²) >= 11 is 0. The summed E-state index contributed by atoms with van der Waals surface area (Å²) in [6.07, 6.45) is 0.840. The highest BCUT2D eigenvalue weighted by atomic mass is 19.1. The summed E-state index contributed by atoms with van der Waals surface area (Å²) < 4.78 is 26.0. The second-order valence-electron chi connectivity index (χ2n) is 4.40. The summed E-state index contributed by atoms with van der Waals surface area (Å²) in [5, 5.41) is 3.04. The minimum Gasteiger partial charge on any atom is -0.320 e. The molecule has 0 radical (unpaired) electrons. The molecule has 0 atom stereocenters. The Morgan fingerprint density at radius 3 is 2.13 bits per heavy atom. The molecule has 84 valence electrons. The van der Waals surface area contributed by atoms with Gasteiger partial charge in [0.25, 0.3) is 0 Å². The van der Waals surface area contributed by atoms with Gasteiger partial charge in [0.1, 0.15) is 11.6 Å². The molecule has 1 aromatic rings. The van der Waals surface area contributed by atoms with Crippen LogP contribution in [0.2, 0.25) is 0 Å². The van der Waals surface area contributed by atoms with Crippen LogP contribution in [0, 0.1) is 11.6 Å². The average molecular weight is 213 g/mol. The molecule has 0 amide bonds. The fourth-order valence-electron chi connectivity index (χ4n) is 1.53. The Kier molecular flexibility index (Phi) is 3.80. The van der Waals surface area contributed by atoms with Crippen LogP contribution in [0.3, 0.4) is 0 Å². The van der Waals surface area contributed by atoms with Crippen LogP contribution in [0.1, 0.15) is 25.8 Å². The third-order valence-corrected chi connectivity index (χ3v) is 2.64. The number of benzene rings is 1. The van der Waals surface area contributed by atoms with Crippen LogP contribution < -0.4 is 5.32 Å². The zero-order valence-electron chi connectivity index (χ0n) is 9.40. The predicted molar refractivity (Wildman–Crippen MR) is 57.9 cm³/mol. The first kappa shape index (κ1) is 12.1. The molecule has 1 aromatic carbocycles. The van der Waals surface area contributed by atoms with E-state index >= 15 is 0 Å². The van der Waals surface area contributed by atoms with Crippen molar-refractivity contribution in [1.29, 1.82) is 0 Å². The Balaban J connectivity index is 2.93. The standard InChI is InChI=1S/C12H17F2N/c1-12(2,4-5-15-3)9-6-10(13)8-11(14)7-9/h6-8,15H,4-5H2,1-3H3. The largest absolute Gasteiger partial charge is 0.320 e. The summed E-state index contributed by atoms with van der Waals surface area (Å²) in [4.78, 5) is 0. The van der Waals surface area contributed by atoms with E-state index in [1.807, 2.05) is 20.9 Å². The van der Waals surface area contributed by atoms with E-state index in [-0.39, 0.29) is 5.41 Å². The lowest BCUT2D eigenvalue weighted by Crippen LogP contribution is -2.23. The molecule has 0 aliphatic rings.